The molecule has 1 unspecified atom stereocenters. The van der Waals surface area contributed by atoms with Crippen molar-refractivity contribution in [1.29, 1.82) is 0 Å². The second-order valence-corrected chi connectivity index (χ2v) is 6.46. The van der Waals surface area contributed by atoms with E-state index in [1.807, 2.05) is 12.1 Å². The van der Waals surface area contributed by atoms with Crippen LogP contribution in [0.25, 0.3) is 0 Å². The molecule has 0 amide bonds. The van der Waals surface area contributed by atoms with Gasteiger partial charge in [0, 0.05) is 6.54 Å². The summed E-state index contributed by atoms with van der Waals surface area (Å²) in [6.07, 6.45) is 5.14. The molecule has 4 heteroatoms. The highest BCUT2D eigenvalue weighted by Gasteiger charge is 2.25. The first-order valence-corrected chi connectivity index (χ1v) is 8.74. The van der Waals surface area contributed by atoms with Crippen molar-refractivity contribution in [2.45, 2.75) is 70.5 Å². The molecule has 1 atom stereocenters. The van der Waals surface area contributed by atoms with Gasteiger partial charge in [0.2, 0.25) is 0 Å². The highest BCUT2D eigenvalue weighted by atomic mass is 16.5. The Kier molecular flexibility index (Phi) is 8.59. The monoisotopic (exact) mass is 323 g/mol. The van der Waals surface area contributed by atoms with Gasteiger partial charge in [0.05, 0.1) is 18.8 Å². The smallest absolute Gasteiger partial charge is 0.122 e. The van der Waals surface area contributed by atoms with Gasteiger partial charge in [-0.3, -0.25) is 0 Å². The van der Waals surface area contributed by atoms with Gasteiger partial charge in [0.15, 0.2) is 0 Å². The number of ether oxygens (including phenoxy) is 1. The summed E-state index contributed by atoms with van der Waals surface area (Å²) in [6.45, 7) is 4.47. The third-order valence-electron chi connectivity index (χ3n) is 4.38. The molecule has 132 valence electrons. The highest BCUT2D eigenvalue weighted by Crippen LogP contribution is 2.29. The number of aliphatic hydroxyl groups excluding tert-OH is 1. The predicted molar refractivity (Wildman–Crippen MR) is 94.8 cm³/mol. The first-order chi connectivity index (χ1) is 11.0. The average Bonchev–Trinajstić information content (AvgIpc) is 2.53. The van der Waals surface area contributed by atoms with Crippen LogP contribution in [0, 0.1) is 0 Å². The van der Waals surface area contributed by atoms with E-state index < -0.39 is 11.7 Å². The molecule has 0 spiro atoms. The number of benzene rings is 1. The van der Waals surface area contributed by atoms with Crippen LogP contribution in [0.5, 0.6) is 5.75 Å². The number of methoxy groups -OCH3 is 1. The molecule has 0 aliphatic heterocycles. The standard InChI is InChI=1S/C19H33NO3/c1-4-9-19(22,10-5-2)11-8-16-12-15(13-17(21)14-20)6-7-18(16)23-3/h6-7,12,17,21-22H,4-5,8-11,13-14,20H2,1-3H3. The van der Waals surface area contributed by atoms with Gasteiger partial charge in [-0.2, -0.15) is 0 Å². The molecule has 0 fully saturated rings. The Bertz CT molecular complexity index is 456. The van der Waals surface area contributed by atoms with Crippen molar-refractivity contribution in [3.05, 3.63) is 29.3 Å². The third kappa shape index (κ3) is 6.50. The Hall–Kier alpha value is -1.10. The Labute approximate surface area is 140 Å². The van der Waals surface area contributed by atoms with E-state index in [9.17, 15) is 10.2 Å². The molecule has 1 aromatic rings. The van der Waals surface area contributed by atoms with Crippen LogP contribution in [0.15, 0.2) is 18.2 Å². The van der Waals surface area contributed by atoms with Gasteiger partial charge >= 0.3 is 0 Å². The van der Waals surface area contributed by atoms with Gasteiger partial charge in [-0.15, -0.1) is 0 Å². The second kappa shape index (κ2) is 9.91. The summed E-state index contributed by atoms with van der Waals surface area (Å²) in [4.78, 5) is 0. The molecule has 0 saturated carbocycles. The van der Waals surface area contributed by atoms with Crippen molar-refractivity contribution < 1.29 is 14.9 Å². The highest BCUT2D eigenvalue weighted by molar-refractivity contribution is 5.38. The molecule has 4 nitrogen and oxygen atoms in total. The molecule has 4 N–H and O–H groups in total. The maximum atomic E-state index is 10.8. The van der Waals surface area contributed by atoms with Crippen LogP contribution >= 0.6 is 0 Å². The van der Waals surface area contributed by atoms with Crippen LogP contribution < -0.4 is 10.5 Å². The van der Waals surface area contributed by atoms with E-state index in [0.717, 1.165) is 55.4 Å². The fraction of sp³-hybridized carbons (Fsp3) is 0.684. The van der Waals surface area contributed by atoms with Gasteiger partial charge in [-0.05, 0) is 49.3 Å². The molecule has 0 aliphatic rings. The van der Waals surface area contributed by atoms with E-state index in [1.54, 1.807) is 7.11 Å². The second-order valence-electron chi connectivity index (χ2n) is 6.46. The number of nitrogens with two attached hydrogens (primary N) is 1. The number of aliphatic hydroxyl groups is 2. The minimum absolute atomic E-state index is 0.258. The van der Waals surface area contributed by atoms with E-state index in [0.29, 0.717) is 6.42 Å². The summed E-state index contributed by atoms with van der Waals surface area (Å²) in [6, 6.07) is 5.97. The Balaban J connectivity index is 2.85. The average molecular weight is 323 g/mol. The Morgan fingerprint density at radius 2 is 1.83 bits per heavy atom. The van der Waals surface area contributed by atoms with Crippen LogP contribution in [-0.4, -0.2) is 35.6 Å². The maximum Gasteiger partial charge on any atom is 0.122 e. The van der Waals surface area contributed by atoms with Crippen molar-refractivity contribution in [3.8, 4) is 5.75 Å². The van der Waals surface area contributed by atoms with Crippen molar-refractivity contribution in [2.24, 2.45) is 5.73 Å². The normalized spacial score (nSPS) is 13.1. The summed E-state index contributed by atoms with van der Waals surface area (Å²) in [5, 5.41) is 20.5. The lowest BCUT2D eigenvalue weighted by atomic mass is 9.86. The van der Waals surface area contributed by atoms with Crippen molar-refractivity contribution in [3.63, 3.8) is 0 Å². The largest absolute Gasteiger partial charge is 0.496 e. The third-order valence-corrected chi connectivity index (χ3v) is 4.38. The van der Waals surface area contributed by atoms with Crippen molar-refractivity contribution in [1.82, 2.24) is 0 Å². The summed E-state index contributed by atoms with van der Waals surface area (Å²) in [5.74, 6) is 0.839. The zero-order valence-electron chi connectivity index (χ0n) is 14.8. The van der Waals surface area contributed by atoms with Crippen LogP contribution in [-0.2, 0) is 12.8 Å². The molecule has 0 heterocycles. The summed E-state index contributed by atoms with van der Waals surface area (Å²) in [7, 11) is 1.66. The molecule has 0 aromatic heterocycles. The van der Waals surface area contributed by atoms with Crippen molar-refractivity contribution in [2.75, 3.05) is 13.7 Å². The van der Waals surface area contributed by atoms with Crippen LogP contribution in [0.2, 0.25) is 0 Å². The predicted octanol–water partition coefficient (Wildman–Crippen LogP) is 2.82. The van der Waals surface area contributed by atoms with Crippen LogP contribution in [0.3, 0.4) is 0 Å². The zero-order valence-corrected chi connectivity index (χ0v) is 14.8. The molecule has 23 heavy (non-hydrogen) atoms. The quantitative estimate of drug-likeness (QED) is 0.585. The van der Waals surface area contributed by atoms with Crippen LogP contribution in [0.1, 0.15) is 57.1 Å². The SMILES string of the molecule is CCCC(O)(CCC)CCc1cc(CC(O)CN)ccc1OC. The molecule has 0 aliphatic carbocycles. The Morgan fingerprint density at radius 1 is 1.17 bits per heavy atom. The fourth-order valence-electron chi connectivity index (χ4n) is 3.18. The van der Waals surface area contributed by atoms with Gasteiger partial charge in [0.1, 0.15) is 5.75 Å². The van der Waals surface area contributed by atoms with Gasteiger partial charge in [-0.25, -0.2) is 0 Å². The van der Waals surface area contributed by atoms with E-state index >= 15 is 0 Å². The van der Waals surface area contributed by atoms with Crippen molar-refractivity contribution >= 4 is 0 Å². The topological polar surface area (TPSA) is 75.7 Å². The number of aryl methyl sites for hydroxylation is 1. The lowest BCUT2D eigenvalue weighted by Gasteiger charge is -2.28. The number of hydrogen-bond acceptors (Lipinski definition) is 4. The zero-order chi connectivity index (χ0) is 17.3. The van der Waals surface area contributed by atoms with Gasteiger partial charge in [0.25, 0.3) is 0 Å². The summed E-state index contributed by atoms with van der Waals surface area (Å²) >= 11 is 0. The molecule has 1 rings (SSSR count). The first kappa shape index (κ1) is 19.9. The molecule has 0 bridgehead atoms. The molecule has 1 aromatic carbocycles. The van der Waals surface area contributed by atoms with E-state index in [4.69, 9.17) is 10.5 Å². The van der Waals surface area contributed by atoms with Gasteiger partial charge < -0.3 is 20.7 Å². The molecule has 0 saturated heterocycles. The lowest BCUT2D eigenvalue weighted by Crippen LogP contribution is -2.29. The molecular weight excluding hydrogens is 290 g/mol. The van der Waals surface area contributed by atoms with E-state index in [1.165, 1.54) is 0 Å². The fourth-order valence-corrected chi connectivity index (χ4v) is 3.18. The Morgan fingerprint density at radius 3 is 2.35 bits per heavy atom. The number of rotatable bonds is 11. The lowest BCUT2D eigenvalue weighted by molar-refractivity contribution is 0.0131. The minimum atomic E-state index is -0.596. The minimum Gasteiger partial charge on any atom is -0.496 e. The molecular formula is C19H33NO3. The number of hydrogen-bond donors (Lipinski definition) is 3. The summed E-state index contributed by atoms with van der Waals surface area (Å²) in [5.41, 5.74) is 7.03. The van der Waals surface area contributed by atoms with E-state index in [2.05, 4.69) is 19.9 Å². The summed E-state index contributed by atoms with van der Waals surface area (Å²) < 4.78 is 5.45. The van der Waals surface area contributed by atoms with E-state index in [-0.39, 0.29) is 6.54 Å². The molecule has 0 radical (unpaired) electrons. The van der Waals surface area contributed by atoms with Gasteiger partial charge in [-0.1, -0.05) is 38.8 Å². The van der Waals surface area contributed by atoms with Crippen LogP contribution in [0.4, 0.5) is 0 Å². The first-order valence-electron chi connectivity index (χ1n) is 8.74. The maximum absolute atomic E-state index is 10.8.